The van der Waals surface area contributed by atoms with Crippen molar-refractivity contribution in [3.8, 4) is 5.75 Å². The lowest BCUT2D eigenvalue weighted by atomic mass is 9.96. The van der Waals surface area contributed by atoms with E-state index < -0.39 is 5.60 Å². The van der Waals surface area contributed by atoms with Gasteiger partial charge in [-0.2, -0.15) is 0 Å². The Morgan fingerprint density at radius 2 is 1.67 bits per heavy atom. The fourth-order valence-corrected chi connectivity index (χ4v) is 2.41. The van der Waals surface area contributed by atoms with Crippen molar-refractivity contribution in [3.63, 3.8) is 0 Å². The number of amides is 1. The van der Waals surface area contributed by atoms with Gasteiger partial charge in [-0.1, -0.05) is 40.0 Å². The molecule has 1 rings (SSSR count). The van der Waals surface area contributed by atoms with Crippen molar-refractivity contribution in [1.29, 1.82) is 0 Å². The van der Waals surface area contributed by atoms with Crippen LogP contribution in [0, 0.1) is 0 Å². The lowest BCUT2D eigenvalue weighted by Crippen LogP contribution is -2.43. The van der Waals surface area contributed by atoms with Crippen LogP contribution >= 0.6 is 0 Å². The molecule has 0 spiro atoms. The molecule has 4 heteroatoms. The molecule has 0 unspecified atom stereocenters. The maximum atomic E-state index is 12.7. The molecule has 0 aromatic heterocycles. The van der Waals surface area contributed by atoms with E-state index in [1.807, 2.05) is 31.2 Å². The number of carbonyl (C=O) groups excluding carboxylic acids is 1. The molecule has 0 aliphatic rings. The van der Waals surface area contributed by atoms with E-state index in [9.17, 15) is 4.79 Å². The molecule has 24 heavy (non-hydrogen) atoms. The van der Waals surface area contributed by atoms with Gasteiger partial charge in [0.05, 0.1) is 6.61 Å². The molecule has 0 bridgehead atoms. The molecule has 1 amide bonds. The highest BCUT2D eigenvalue weighted by Crippen LogP contribution is 2.23. The van der Waals surface area contributed by atoms with Crippen molar-refractivity contribution >= 4 is 11.6 Å². The Labute approximate surface area is 146 Å². The molecule has 0 aliphatic heterocycles. The van der Waals surface area contributed by atoms with E-state index >= 15 is 0 Å². The monoisotopic (exact) mass is 335 g/mol. The Bertz CT molecular complexity index is 472. The predicted molar refractivity (Wildman–Crippen MR) is 99.6 cm³/mol. The number of unbranched alkanes of at least 4 members (excludes halogenated alkanes) is 2. The van der Waals surface area contributed by atoms with Crippen molar-refractivity contribution < 1.29 is 14.3 Å². The zero-order valence-corrected chi connectivity index (χ0v) is 15.7. The number of hydrogen-bond acceptors (Lipinski definition) is 3. The number of ether oxygens (including phenoxy) is 2. The molecule has 136 valence electrons. The van der Waals surface area contributed by atoms with E-state index in [-0.39, 0.29) is 5.91 Å². The topological polar surface area (TPSA) is 47.6 Å². The highest BCUT2D eigenvalue weighted by molar-refractivity contribution is 5.97. The molecule has 0 fully saturated rings. The van der Waals surface area contributed by atoms with Crippen molar-refractivity contribution in [2.45, 2.75) is 71.8 Å². The molecular weight excluding hydrogens is 302 g/mol. The zero-order chi connectivity index (χ0) is 17.8. The van der Waals surface area contributed by atoms with Crippen LogP contribution in [0.25, 0.3) is 0 Å². The van der Waals surface area contributed by atoms with Crippen LogP contribution in [-0.2, 0) is 9.53 Å². The minimum Gasteiger partial charge on any atom is -0.494 e. The molecule has 1 atom stereocenters. The average molecular weight is 335 g/mol. The van der Waals surface area contributed by atoms with Gasteiger partial charge in [-0.25, -0.2) is 0 Å². The average Bonchev–Trinajstić information content (AvgIpc) is 2.59. The van der Waals surface area contributed by atoms with Crippen molar-refractivity contribution in [2.24, 2.45) is 0 Å². The first-order chi connectivity index (χ1) is 11.6. The van der Waals surface area contributed by atoms with E-state index in [0.717, 1.165) is 50.0 Å². The number of hydrogen-bond donors (Lipinski definition) is 1. The quantitative estimate of drug-likeness (QED) is 0.535. The Morgan fingerprint density at radius 1 is 1.00 bits per heavy atom. The summed E-state index contributed by atoms with van der Waals surface area (Å²) in [6.45, 7) is 9.48. The van der Waals surface area contributed by atoms with Gasteiger partial charge in [0, 0.05) is 12.3 Å². The van der Waals surface area contributed by atoms with Crippen LogP contribution in [0.3, 0.4) is 0 Å². The first kappa shape index (κ1) is 20.5. The minimum atomic E-state index is -0.775. The summed E-state index contributed by atoms with van der Waals surface area (Å²) in [4.78, 5) is 12.7. The summed E-state index contributed by atoms with van der Waals surface area (Å²) in [6, 6.07) is 7.50. The molecule has 0 radical (unpaired) electrons. The van der Waals surface area contributed by atoms with Gasteiger partial charge in [0.1, 0.15) is 11.4 Å². The molecule has 0 saturated carbocycles. The van der Waals surface area contributed by atoms with Crippen molar-refractivity contribution in [3.05, 3.63) is 24.3 Å². The van der Waals surface area contributed by atoms with Crippen molar-refractivity contribution in [1.82, 2.24) is 0 Å². The minimum absolute atomic E-state index is 0.0747. The second-order valence-electron chi connectivity index (χ2n) is 6.36. The maximum Gasteiger partial charge on any atom is 0.256 e. The Hall–Kier alpha value is -1.55. The summed E-state index contributed by atoms with van der Waals surface area (Å²) < 4.78 is 11.5. The van der Waals surface area contributed by atoms with Gasteiger partial charge in [0.25, 0.3) is 5.91 Å². The van der Waals surface area contributed by atoms with Crippen LogP contribution in [0.4, 0.5) is 5.69 Å². The largest absolute Gasteiger partial charge is 0.494 e. The standard InChI is InChI=1S/C20H33NO3/c1-5-8-9-14-20(4,24-16-7-3)19(22)21-17-10-12-18(13-11-17)23-15-6-2/h10-13H,5-9,14-16H2,1-4H3,(H,21,22)/t20-/m0/s1. The number of nitrogens with one attached hydrogen (secondary N) is 1. The molecule has 0 aliphatic carbocycles. The van der Waals surface area contributed by atoms with Crippen LogP contribution in [0.5, 0.6) is 5.75 Å². The van der Waals surface area contributed by atoms with Gasteiger partial charge in [-0.05, 0) is 50.5 Å². The fourth-order valence-electron chi connectivity index (χ4n) is 2.41. The number of benzene rings is 1. The van der Waals surface area contributed by atoms with Crippen LogP contribution < -0.4 is 10.1 Å². The second kappa shape index (κ2) is 11.1. The molecular formula is C20H33NO3. The second-order valence-corrected chi connectivity index (χ2v) is 6.36. The lowest BCUT2D eigenvalue weighted by molar-refractivity contribution is -0.140. The van der Waals surface area contributed by atoms with Gasteiger partial charge in [0.2, 0.25) is 0 Å². The summed E-state index contributed by atoms with van der Waals surface area (Å²) in [5.74, 6) is 0.747. The third-order valence-electron chi connectivity index (χ3n) is 3.95. The summed E-state index contributed by atoms with van der Waals surface area (Å²) in [6.07, 6.45) is 5.86. The van der Waals surface area contributed by atoms with Gasteiger partial charge < -0.3 is 14.8 Å². The van der Waals surface area contributed by atoms with E-state index in [1.165, 1.54) is 0 Å². The van der Waals surface area contributed by atoms with Gasteiger partial charge in [-0.15, -0.1) is 0 Å². The first-order valence-corrected chi connectivity index (χ1v) is 9.24. The smallest absolute Gasteiger partial charge is 0.256 e. The molecule has 1 aromatic carbocycles. The van der Waals surface area contributed by atoms with Crippen LogP contribution in [0.15, 0.2) is 24.3 Å². The van der Waals surface area contributed by atoms with E-state index in [4.69, 9.17) is 9.47 Å². The van der Waals surface area contributed by atoms with E-state index in [2.05, 4.69) is 26.1 Å². The van der Waals surface area contributed by atoms with Crippen LogP contribution in [0.1, 0.15) is 66.2 Å². The molecule has 4 nitrogen and oxygen atoms in total. The summed E-state index contributed by atoms with van der Waals surface area (Å²) in [5.41, 5.74) is -0.00610. The summed E-state index contributed by atoms with van der Waals surface area (Å²) >= 11 is 0. The molecule has 0 heterocycles. The SMILES string of the molecule is CCCCC[C@](C)(OCCC)C(=O)Nc1ccc(OCCC)cc1. The molecule has 1 N–H and O–H groups in total. The fraction of sp³-hybridized carbons (Fsp3) is 0.650. The third kappa shape index (κ3) is 6.91. The maximum absolute atomic E-state index is 12.7. The van der Waals surface area contributed by atoms with Crippen LogP contribution in [-0.4, -0.2) is 24.7 Å². The van der Waals surface area contributed by atoms with E-state index in [1.54, 1.807) is 0 Å². The van der Waals surface area contributed by atoms with Gasteiger partial charge in [0.15, 0.2) is 0 Å². The normalized spacial score (nSPS) is 13.3. The highest BCUT2D eigenvalue weighted by atomic mass is 16.5. The van der Waals surface area contributed by atoms with Gasteiger partial charge >= 0.3 is 0 Å². The predicted octanol–water partition coefficient (Wildman–Crippen LogP) is 5.18. The summed E-state index contributed by atoms with van der Waals surface area (Å²) in [5, 5.41) is 2.98. The van der Waals surface area contributed by atoms with Gasteiger partial charge in [-0.3, -0.25) is 4.79 Å². The Balaban J connectivity index is 2.68. The molecule has 0 saturated heterocycles. The number of rotatable bonds is 12. The Morgan fingerprint density at radius 3 is 2.25 bits per heavy atom. The highest BCUT2D eigenvalue weighted by Gasteiger charge is 2.33. The Kier molecular flexibility index (Phi) is 9.46. The number of anilines is 1. The lowest BCUT2D eigenvalue weighted by Gasteiger charge is -2.28. The first-order valence-electron chi connectivity index (χ1n) is 9.24. The van der Waals surface area contributed by atoms with Crippen LogP contribution in [0.2, 0.25) is 0 Å². The molecule has 1 aromatic rings. The third-order valence-corrected chi connectivity index (χ3v) is 3.95. The summed E-state index contributed by atoms with van der Waals surface area (Å²) in [7, 11) is 0. The number of carbonyl (C=O) groups is 1. The van der Waals surface area contributed by atoms with E-state index in [0.29, 0.717) is 13.2 Å². The van der Waals surface area contributed by atoms with Crippen molar-refractivity contribution in [2.75, 3.05) is 18.5 Å². The zero-order valence-electron chi connectivity index (χ0n) is 15.7.